The summed E-state index contributed by atoms with van der Waals surface area (Å²) in [5.41, 5.74) is 0.481. The fourth-order valence-corrected chi connectivity index (χ4v) is 2.73. The van der Waals surface area contributed by atoms with Gasteiger partial charge >= 0.3 is 5.97 Å². The Balaban J connectivity index is 1.87. The average molecular weight is 357 g/mol. The third-order valence-electron chi connectivity index (χ3n) is 3.74. The Kier molecular flexibility index (Phi) is 6.84. The maximum Gasteiger partial charge on any atom is 0.321 e. The number of aliphatic carboxylic acids is 1. The van der Waals surface area contributed by atoms with E-state index in [0.717, 1.165) is 12.8 Å². The number of amides is 1. The largest absolute Gasteiger partial charge is 0.495 e. The average Bonchev–Trinajstić information content (AvgIpc) is 3.04. The van der Waals surface area contributed by atoms with Gasteiger partial charge in [0.25, 0.3) is 0 Å². The lowest BCUT2D eigenvalue weighted by Crippen LogP contribution is -2.43. The molecule has 24 heavy (non-hydrogen) atoms. The molecule has 1 amide bonds. The minimum Gasteiger partial charge on any atom is -0.495 e. The number of carbonyl (C=O) groups excluding carboxylic acids is 1. The van der Waals surface area contributed by atoms with Gasteiger partial charge in [0.1, 0.15) is 11.8 Å². The molecular formula is C16H21ClN2O5. The van der Waals surface area contributed by atoms with Gasteiger partial charge in [0.2, 0.25) is 5.91 Å². The maximum atomic E-state index is 12.1. The molecule has 1 fully saturated rings. The van der Waals surface area contributed by atoms with Gasteiger partial charge in [0.05, 0.1) is 24.7 Å². The number of carboxylic acids is 1. The van der Waals surface area contributed by atoms with Crippen molar-refractivity contribution < 1.29 is 24.2 Å². The van der Waals surface area contributed by atoms with E-state index in [2.05, 4.69) is 10.6 Å². The zero-order chi connectivity index (χ0) is 17.5. The summed E-state index contributed by atoms with van der Waals surface area (Å²) in [5, 5.41) is 15.1. The van der Waals surface area contributed by atoms with Crippen molar-refractivity contribution in [1.29, 1.82) is 0 Å². The van der Waals surface area contributed by atoms with Crippen LogP contribution in [0, 0.1) is 0 Å². The summed E-state index contributed by atoms with van der Waals surface area (Å²) < 4.78 is 10.5. The quantitative estimate of drug-likeness (QED) is 0.658. The fourth-order valence-electron chi connectivity index (χ4n) is 2.47. The molecule has 1 aliphatic rings. The van der Waals surface area contributed by atoms with E-state index in [-0.39, 0.29) is 12.5 Å². The maximum absolute atomic E-state index is 12.1. The Morgan fingerprint density at radius 2 is 2.29 bits per heavy atom. The highest BCUT2D eigenvalue weighted by molar-refractivity contribution is 6.32. The molecule has 0 saturated carbocycles. The van der Waals surface area contributed by atoms with Gasteiger partial charge in [-0.25, -0.2) is 0 Å². The van der Waals surface area contributed by atoms with Crippen molar-refractivity contribution in [3.8, 4) is 5.75 Å². The second-order valence-electron chi connectivity index (χ2n) is 5.54. The standard InChI is InChI=1S/C16H21ClN2O5/c1-23-14-5-4-10(7-12(14)17)19-15(20)8-13(16(21)22)18-9-11-3-2-6-24-11/h4-5,7,11,13,18H,2-3,6,8-9H2,1H3,(H,19,20)(H,21,22)/t11-,13+/m0/s1. The van der Waals surface area contributed by atoms with E-state index in [1.807, 2.05) is 0 Å². The molecule has 1 heterocycles. The summed E-state index contributed by atoms with van der Waals surface area (Å²) >= 11 is 5.99. The third-order valence-corrected chi connectivity index (χ3v) is 4.03. The van der Waals surface area contributed by atoms with Crippen molar-refractivity contribution in [1.82, 2.24) is 5.32 Å². The van der Waals surface area contributed by atoms with E-state index in [1.165, 1.54) is 7.11 Å². The predicted octanol–water partition coefficient (Wildman–Crippen LogP) is 1.90. The monoisotopic (exact) mass is 356 g/mol. The smallest absolute Gasteiger partial charge is 0.321 e. The second-order valence-corrected chi connectivity index (χ2v) is 5.94. The van der Waals surface area contributed by atoms with Gasteiger partial charge in [-0.1, -0.05) is 11.6 Å². The third kappa shape index (κ3) is 5.36. The molecule has 1 aliphatic heterocycles. The molecule has 0 unspecified atom stereocenters. The highest BCUT2D eigenvalue weighted by atomic mass is 35.5. The molecule has 8 heteroatoms. The number of carbonyl (C=O) groups is 2. The van der Waals surface area contributed by atoms with Crippen molar-refractivity contribution in [2.75, 3.05) is 25.6 Å². The lowest BCUT2D eigenvalue weighted by molar-refractivity contribution is -0.141. The molecular weight excluding hydrogens is 336 g/mol. The Hall–Kier alpha value is -1.83. The molecule has 0 radical (unpaired) electrons. The van der Waals surface area contributed by atoms with Gasteiger partial charge in [-0.3, -0.25) is 9.59 Å². The van der Waals surface area contributed by atoms with Gasteiger partial charge in [-0.05, 0) is 31.0 Å². The lowest BCUT2D eigenvalue weighted by atomic mass is 10.1. The lowest BCUT2D eigenvalue weighted by Gasteiger charge is -2.17. The molecule has 0 bridgehead atoms. The summed E-state index contributed by atoms with van der Waals surface area (Å²) in [7, 11) is 1.50. The number of hydrogen-bond donors (Lipinski definition) is 3. The SMILES string of the molecule is COc1ccc(NC(=O)C[C@@H](NC[C@@H]2CCCO2)C(=O)O)cc1Cl. The van der Waals surface area contributed by atoms with Crippen molar-refractivity contribution in [2.45, 2.75) is 31.4 Å². The summed E-state index contributed by atoms with van der Waals surface area (Å²) in [6.07, 6.45) is 1.69. The molecule has 0 aromatic heterocycles. The molecule has 1 saturated heterocycles. The number of ether oxygens (including phenoxy) is 2. The first-order chi connectivity index (χ1) is 11.5. The molecule has 2 rings (SSSR count). The molecule has 7 nitrogen and oxygen atoms in total. The number of halogens is 1. The number of nitrogens with one attached hydrogen (secondary N) is 2. The number of methoxy groups -OCH3 is 1. The zero-order valence-electron chi connectivity index (χ0n) is 13.4. The molecule has 0 spiro atoms. The van der Waals surface area contributed by atoms with Crippen LogP contribution in [0.4, 0.5) is 5.69 Å². The van der Waals surface area contributed by atoms with Crippen LogP contribution in [0.1, 0.15) is 19.3 Å². The van der Waals surface area contributed by atoms with Gasteiger partial charge in [0.15, 0.2) is 0 Å². The predicted molar refractivity (Wildman–Crippen MR) is 89.7 cm³/mol. The van der Waals surface area contributed by atoms with Crippen LogP contribution in [0.3, 0.4) is 0 Å². The van der Waals surface area contributed by atoms with E-state index in [9.17, 15) is 14.7 Å². The zero-order valence-corrected chi connectivity index (χ0v) is 14.1. The van der Waals surface area contributed by atoms with Gasteiger partial charge in [-0.15, -0.1) is 0 Å². The molecule has 2 atom stereocenters. The Bertz CT molecular complexity index is 590. The van der Waals surface area contributed by atoms with Crippen LogP contribution in [-0.4, -0.2) is 49.4 Å². The van der Waals surface area contributed by atoms with E-state index in [0.29, 0.717) is 29.6 Å². The molecule has 3 N–H and O–H groups in total. The van der Waals surface area contributed by atoms with Crippen LogP contribution >= 0.6 is 11.6 Å². The Morgan fingerprint density at radius 1 is 1.50 bits per heavy atom. The normalized spacial score (nSPS) is 18.2. The minimum atomic E-state index is -1.07. The summed E-state index contributed by atoms with van der Waals surface area (Å²) in [4.78, 5) is 23.4. The van der Waals surface area contributed by atoms with Gasteiger partial charge in [0, 0.05) is 18.8 Å². The minimum absolute atomic E-state index is 0.00954. The summed E-state index contributed by atoms with van der Waals surface area (Å²) in [5.74, 6) is -0.990. The first-order valence-corrected chi connectivity index (χ1v) is 8.08. The second kappa shape index (κ2) is 8.86. The van der Waals surface area contributed by atoms with E-state index in [4.69, 9.17) is 21.1 Å². The van der Waals surface area contributed by atoms with Crippen LogP contribution in [0.5, 0.6) is 5.75 Å². The van der Waals surface area contributed by atoms with E-state index >= 15 is 0 Å². The fraction of sp³-hybridized carbons (Fsp3) is 0.500. The van der Waals surface area contributed by atoms with Crippen LogP contribution in [0.25, 0.3) is 0 Å². The Morgan fingerprint density at radius 3 is 2.88 bits per heavy atom. The van der Waals surface area contributed by atoms with E-state index in [1.54, 1.807) is 18.2 Å². The molecule has 1 aromatic carbocycles. The Labute approximate surface area is 145 Å². The first-order valence-electron chi connectivity index (χ1n) is 7.70. The molecule has 132 valence electrons. The molecule has 0 aliphatic carbocycles. The highest BCUT2D eigenvalue weighted by Crippen LogP contribution is 2.27. The number of rotatable bonds is 8. The summed E-state index contributed by atoms with van der Waals surface area (Å²) in [6.45, 7) is 1.11. The van der Waals surface area contributed by atoms with Crippen LogP contribution in [0.2, 0.25) is 5.02 Å². The van der Waals surface area contributed by atoms with Crippen LogP contribution < -0.4 is 15.4 Å². The van der Waals surface area contributed by atoms with Crippen molar-refractivity contribution >= 4 is 29.2 Å². The highest BCUT2D eigenvalue weighted by Gasteiger charge is 2.24. The topological polar surface area (TPSA) is 96.9 Å². The van der Waals surface area contributed by atoms with Gasteiger partial charge in [-0.2, -0.15) is 0 Å². The first kappa shape index (κ1) is 18.5. The number of carboxylic acid groups (broad SMARTS) is 1. The van der Waals surface area contributed by atoms with Crippen molar-refractivity contribution in [2.24, 2.45) is 0 Å². The number of benzene rings is 1. The van der Waals surface area contributed by atoms with Crippen molar-refractivity contribution in [3.63, 3.8) is 0 Å². The molecule has 1 aromatic rings. The summed E-state index contributed by atoms with van der Waals surface area (Å²) in [6, 6.07) is 3.84. The van der Waals surface area contributed by atoms with Gasteiger partial charge < -0.3 is 25.2 Å². The number of hydrogen-bond acceptors (Lipinski definition) is 5. The van der Waals surface area contributed by atoms with Crippen LogP contribution in [0.15, 0.2) is 18.2 Å². The number of anilines is 1. The van der Waals surface area contributed by atoms with Crippen LogP contribution in [-0.2, 0) is 14.3 Å². The van der Waals surface area contributed by atoms with E-state index < -0.39 is 17.9 Å². The van der Waals surface area contributed by atoms with Crippen molar-refractivity contribution in [3.05, 3.63) is 23.2 Å².